The molecule has 0 fully saturated rings. The monoisotopic (exact) mass is 559 g/mol. The molecule has 2 aromatic carbocycles. The molecule has 3 rings (SSSR count). The van der Waals surface area contributed by atoms with Crippen LogP contribution in [0.4, 0.5) is 5.13 Å². The van der Waals surface area contributed by atoms with E-state index in [1.54, 1.807) is 50.1 Å². The first kappa shape index (κ1) is 29.3. The number of ether oxygens (including phenoxy) is 1. The molecule has 0 spiro atoms. The third kappa shape index (κ3) is 6.27. The van der Waals surface area contributed by atoms with E-state index >= 15 is 0 Å². The number of carbonyl (C=O) groups is 1. The Bertz CT molecular complexity index is 1280. The predicted octanol–water partition coefficient (Wildman–Crippen LogP) is 5.55. The molecule has 0 N–H and O–H groups in total. The van der Waals surface area contributed by atoms with Crippen LogP contribution < -0.4 is 9.64 Å². The standard InChI is InChI=1S/C24H30ClN3O4S2.ClH/c1-6-27(7-2)13-14-28(24-26-21-20(32-5)12-11-19(25)22(21)33-24)23(29)17-9-8-10-18(15-17)34(30,31)16(3)4;/h8-12,15-16H,6-7,13-14H2,1-5H3;1H. The number of nitrogens with zero attached hydrogens (tertiary/aromatic N) is 3. The highest BCUT2D eigenvalue weighted by molar-refractivity contribution is 7.92. The van der Waals surface area contributed by atoms with E-state index in [1.165, 1.54) is 23.5 Å². The minimum atomic E-state index is -3.52. The number of carbonyl (C=O) groups excluding carboxylic acids is 1. The smallest absolute Gasteiger partial charge is 0.260 e. The summed E-state index contributed by atoms with van der Waals surface area (Å²) in [5.74, 6) is 0.255. The van der Waals surface area contributed by atoms with Crippen molar-refractivity contribution in [2.45, 2.75) is 37.8 Å². The molecule has 1 aromatic heterocycles. The number of rotatable bonds is 10. The first-order valence-corrected chi connectivity index (χ1v) is 13.9. The summed E-state index contributed by atoms with van der Waals surface area (Å²) >= 11 is 7.72. The number of benzene rings is 2. The fourth-order valence-electron chi connectivity index (χ4n) is 3.52. The number of hydrogen-bond donors (Lipinski definition) is 0. The summed E-state index contributed by atoms with van der Waals surface area (Å²) in [4.78, 5) is 22.3. The number of methoxy groups -OCH3 is 1. The maximum atomic E-state index is 13.7. The molecule has 0 bridgehead atoms. The average Bonchev–Trinajstić information content (AvgIpc) is 3.28. The first-order valence-electron chi connectivity index (χ1n) is 11.1. The largest absolute Gasteiger partial charge is 0.494 e. The van der Waals surface area contributed by atoms with Gasteiger partial charge < -0.3 is 9.64 Å². The molecule has 0 aliphatic heterocycles. The van der Waals surface area contributed by atoms with E-state index in [0.717, 1.165) is 17.8 Å². The fraction of sp³-hybridized carbons (Fsp3) is 0.417. The predicted molar refractivity (Wildman–Crippen MR) is 147 cm³/mol. The van der Waals surface area contributed by atoms with Gasteiger partial charge in [0.1, 0.15) is 11.3 Å². The van der Waals surface area contributed by atoms with E-state index in [-0.39, 0.29) is 23.2 Å². The zero-order chi connectivity index (χ0) is 25.0. The van der Waals surface area contributed by atoms with Gasteiger partial charge in [-0.25, -0.2) is 13.4 Å². The second-order valence-corrected chi connectivity index (χ2v) is 11.9. The van der Waals surface area contributed by atoms with E-state index in [9.17, 15) is 13.2 Å². The summed E-state index contributed by atoms with van der Waals surface area (Å²) in [6, 6.07) is 9.69. The normalized spacial score (nSPS) is 11.7. The van der Waals surface area contributed by atoms with Gasteiger partial charge in [-0.15, -0.1) is 12.4 Å². The van der Waals surface area contributed by atoms with Crippen LogP contribution in [-0.2, 0) is 9.84 Å². The van der Waals surface area contributed by atoms with Gasteiger partial charge in [0.05, 0.1) is 27.0 Å². The van der Waals surface area contributed by atoms with Crippen LogP contribution in [0.1, 0.15) is 38.1 Å². The molecule has 192 valence electrons. The number of anilines is 1. The molecular weight excluding hydrogens is 529 g/mol. The van der Waals surface area contributed by atoms with Crippen molar-refractivity contribution in [2.24, 2.45) is 0 Å². The summed E-state index contributed by atoms with van der Waals surface area (Å²) in [6.07, 6.45) is 0. The molecular formula is C24H31Cl2N3O4S2. The topological polar surface area (TPSA) is 79.8 Å². The van der Waals surface area contributed by atoms with Gasteiger partial charge in [0, 0.05) is 18.7 Å². The molecule has 1 amide bonds. The van der Waals surface area contributed by atoms with Crippen LogP contribution in [0.2, 0.25) is 5.02 Å². The molecule has 0 unspecified atom stereocenters. The van der Waals surface area contributed by atoms with Crippen molar-refractivity contribution < 1.29 is 17.9 Å². The number of aromatic nitrogens is 1. The summed E-state index contributed by atoms with van der Waals surface area (Å²) < 4.78 is 31.6. The van der Waals surface area contributed by atoms with Gasteiger partial charge in [-0.05, 0) is 57.3 Å². The maximum Gasteiger partial charge on any atom is 0.260 e. The lowest BCUT2D eigenvalue weighted by Gasteiger charge is -2.25. The molecule has 3 aromatic rings. The molecule has 0 saturated carbocycles. The second-order valence-electron chi connectivity index (χ2n) is 8.03. The van der Waals surface area contributed by atoms with Crippen molar-refractivity contribution in [3.8, 4) is 5.75 Å². The number of fused-ring (bicyclic) bond motifs is 1. The van der Waals surface area contributed by atoms with Crippen LogP contribution >= 0.6 is 35.3 Å². The lowest BCUT2D eigenvalue weighted by atomic mass is 10.2. The van der Waals surface area contributed by atoms with Gasteiger partial charge in [0.25, 0.3) is 5.91 Å². The maximum absolute atomic E-state index is 13.7. The van der Waals surface area contributed by atoms with Gasteiger partial charge in [0.15, 0.2) is 15.0 Å². The van der Waals surface area contributed by atoms with E-state index in [1.807, 2.05) is 0 Å². The van der Waals surface area contributed by atoms with Crippen LogP contribution in [0, 0.1) is 0 Å². The molecule has 0 aliphatic rings. The molecule has 1 heterocycles. The summed E-state index contributed by atoms with van der Waals surface area (Å²) in [5, 5.41) is 0.423. The molecule has 0 aliphatic carbocycles. The van der Waals surface area contributed by atoms with E-state index in [2.05, 4.69) is 18.7 Å². The minimum Gasteiger partial charge on any atom is -0.494 e. The molecule has 35 heavy (non-hydrogen) atoms. The highest BCUT2D eigenvalue weighted by atomic mass is 35.5. The van der Waals surface area contributed by atoms with Crippen LogP contribution in [0.15, 0.2) is 41.3 Å². The highest BCUT2D eigenvalue weighted by Crippen LogP contribution is 2.39. The lowest BCUT2D eigenvalue weighted by molar-refractivity contribution is 0.0983. The molecule has 0 atom stereocenters. The summed E-state index contributed by atoms with van der Waals surface area (Å²) in [7, 11) is -1.96. The Balaban J connectivity index is 0.00000432. The average molecular weight is 561 g/mol. The summed E-state index contributed by atoms with van der Waals surface area (Å²) in [5.41, 5.74) is 0.880. The Labute approximate surface area is 222 Å². The Morgan fingerprint density at radius 1 is 1.14 bits per heavy atom. The van der Waals surface area contributed by atoms with Crippen LogP contribution in [0.3, 0.4) is 0 Å². The quantitative estimate of drug-likeness (QED) is 0.324. The van der Waals surface area contributed by atoms with Crippen molar-refractivity contribution in [1.82, 2.24) is 9.88 Å². The third-order valence-electron chi connectivity index (χ3n) is 5.71. The molecule has 0 saturated heterocycles. The van der Waals surface area contributed by atoms with Crippen molar-refractivity contribution in [3.05, 3.63) is 47.0 Å². The SMILES string of the molecule is CCN(CC)CCN(C(=O)c1cccc(S(=O)(=O)C(C)C)c1)c1nc2c(OC)ccc(Cl)c2s1.Cl. The molecule has 7 nitrogen and oxygen atoms in total. The van der Waals surface area contributed by atoms with Gasteiger partial charge >= 0.3 is 0 Å². The Hall–Kier alpha value is -1.91. The van der Waals surface area contributed by atoms with Crippen molar-refractivity contribution in [2.75, 3.05) is 38.2 Å². The molecule has 0 radical (unpaired) electrons. The lowest BCUT2D eigenvalue weighted by Crippen LogP contribution is -2.39. The fourth-order valence-corrected chi connectivity index (χ4v) is 5.91. The number of hydrogen-bond acceptors (Lipinski definition) is 7. The van der Waals surface area contributed by atoms with Gasteiger partial charge in [0.2, 0.25) is 0 Å². The first-order chi connectivity index (χ1) is 16.1. The number of sulfone groups is 1. The number of halogens is 2. The Kier molecular flexibility index (Phi) is 10.4. The second kappa shape index (κ2) is 12.4. The number of amides is 1. The third-order valence-corrected chi connectivity index (χ3v) is 9.40. The van der Waals surface area contributed by atoms with E-state index in [0.29, 0.717) is 40.1 Å². The summed E-state index contributed by atoms with van der Waals surface area (Å²) in [6.45, 7) is 10.1. The van der Waals surface area contributed by atoms with Gasteiger partial charge in [-0.3, -0.25) is 9.69 Å². The van der Waals surface area contributed by atoms with Crippen molar-refractivity contribution in [1.29, 1.82) is 0 Å². The van der Waals surface area contributed by atoms with Gasteiger partial charge in [-0.1, -0.05) is 42.9 Å². The Morgan fingerprint density at radius 3 is 2.43 bits per heavy atom. The van der Waals surface area contributed by atoms with Crippen molar-refractivity contribution in [3.63, 3.8) is 0 Å². The van der Waals surface area contributed by atoms with Crippen LogP contribution in [0.25, 0.3) is 10.2 Å². The van der Waals surface area contributed by atoms with Crippen LogP contribution in [-0.4, -0.2) is 62.7 Å². The van der Waals surface area contributed by atoms with E-state index < -0.39 is 15.1 Å². The molecule has 11 heteroatoms. The van der Waals surface area contributed by atoms with Crippen LogP contribution in [0.5, 0.6) is 5.75 Å². The number of thiazole rings is 1. The highest BCUT2D eigenvalue weighted by Gasteiger charge is 2.26. The Morgan fingerprint density at radius 2 is 1.83 bits per heavy atom. The van der Waals surface area contributed by atoms with Crippen molar-refractivity contribution >= 4 is 66.4 Å². The minimum absolute atomic E-state index is 0. The zero-order valence-electron chi connectivity index (χ0n) is 20.4. The van der Waals surface area contributed by atoms with E-state index in [4.69, 9.17) is 21.3 Å². The zero-order valence-corrected chi connectivity index (χ0v) is 23.7. The number of likely N-dealkylation sites (N-methyl/N-ethyl adjacent to an activating group) is 1. The van der Waals surface area contributed by atoms with Gasteiger partial charge in [-0.2, -0.15) is 0 Å².